The summed E-state index contributed by atoms with van der Waals surface area (Å²) in [5, 5.41) is 0.791. The molecule has 1 aromatic carbocycles. The van der Waals surface area contributed by atoms with E-state index in [0.29, 0.717) is 17.9 Å². The molecular weight excluding hydrogens is 234 g/mol. The molecule has 0 bridgehead atoms. The minimum Gasteiger partial charge on any atom is -0.370 e. The van der Waals surface area contributed by atoms with Crippen LogP contribution >= 0.6 is 11.6 Å². The van der Waals surface area contributed by atoms with Crippen LogP contribution in [0.15, 0.2) is 29.3 Å². The van der Waals surface area contributed by atoms with E-state index in [1.165, 1.54) is 5.56 Å². The zero-order valence-electron chi connectivity index (χ0n) is 10.2. The van der Waals surface area contributed by atoms with Crippen LogP contribution in [0.3, 0.4) is 0 Å². The van der Waals surface area contributed by atoms with Crippen LogP contribution in [0.2, 0.25) is 5.02 Å². The molecule has 92 valence electrons. The first-order valence-corrected chi connectivity index (χ1v) is 6.20. The number of rotatable bonds is 2. The number of hydrogen-bond donors (Lipinski definition) is 1. The standard InChI is InChI=1S/C13H18ClN3/c1-17(2)13(15)16-12-7-10(8-12)9-3-5-11(14)6-4-9/h3-6,10,12H,7-8H2,1-2H3,(H2,15,16). The summed E-state index contributed by atoms with van der Waals surface area (Å²) >= 11 is 5.87. The lowest BCUT2D eigenvalue weighted by Crippen LogP contribution is -2.35. The number of nitrogens with zero attached hydrogens (tertiary/aromatic N) is 2. The van der Waals surface area contributed by atoms with Crippen molar-refractivity contribution in [3.63, 3.8) is 0 Å². The first kappa shape index (κ1) is 12.2. The molecular formula is C13H18ClN3. The Hall–Kier alpha value is -1.22. The van der Waals surface area contributed by atoms with Crippen molar-refractivity contribution >= 4 is 17.6 Å². The Morgan fingerprint density at radius 3 is 2.41 bits per heavy atom. The zero-order chi connectivity index (χ0) is 12.4. The molecule has 0 spiro atoms. The Balaban J connectivity index is 1.91. The summed E-state index contributed by atoms with van der Waals surface area (Å²) in [6.45, 7) is 0. The molecule has 0 heterocycles. The fourth-order valence-corrected chi connectivity index (χ4v) is 2.13. The van der Waals surface area contributed by atoms with Gasteiger partial charge in [0.15, 0.2) is 5.96 Å². The Labute approximate surface area is 107 Å². The molecule has 0 amide bonds. The van der Waals surface area contributed by atoms with Crippen LogP contribution in [0.5, 0.6) is 0 Å². The highest BCUT2D eigenvalue weighted by Gasteiger charge is 2.30. The highest BCUT2D eigenvalue weighted by Crippen LogP contribution is 2.39. The molecule has 0 atom stereocenters. The minimum absolute atomic E-state index is 0.373. The summed E-state index contributed by atoms with van der Waals surface area (Å²) in [4.78, 5) is 6.31. The molecule has 2 N–H and O–H groups in total. The number of halogens is 1. The molecule has 2 rings (SSSR count). The quantitative estimate of drug-likeness (QED) is 0.648. The SMILES string of the molecule is CN(C)C(N)=NC1CC(c2ccc(Cl)cc2)C1. The van der Waals surface area contributed by atoms with Crippen molar-refractivity contribution in [2.24, 2.45) is 10.7 Å². The van der Waals surface area contributed by atoms with Gasteiger partial charge in [0.25, 0.3) is 0 Å². The Morgan fingerprint density at radius 1 is 1.29 bits per heavy atom. The number of nitrogens with two attached hydrogens (primary N) is 1. The van der Waals surface area contributed by atoms with E-state index < -0.39 is 0 Å². The van der Waals surface area contributed by atoms with Crippen molar-refractivity contribution in [1.82, 2.24) is 4.90 Å². The van der Waals surface area contributed by atoms with Crippen LogP contribution in [-0.4, -0.2) is 31.0 Å². The molecule has 0 radical (unpaired) electrons. The van der Waals surface area contributed by atoms with Crippen LogP contribution in [-0.2, 0) is 0 Å². The van der Waals surface area contributed by atoms with Gasteiger partial charge in [-0.3, -0.25) is 0 Å². The third kappa shape index (κ3) is 2.91. The van der Waals surface area contributed by atoms with Crippen molar-refractivity contribution in [1.29, 1.82) is 0 Å². The maximum atomic E-state index is 5.87. The molecule has 3 nitrogen and oxygen atoms in total. The van der Waals surface area contributed by atoms with Crippen LogP contribution in [0.25, 0.3) is 0 Å². The van der Waals surface area contributed by atoms with Crippen molar-refractivity contribution in [3.05, 3.63) is 34.9 Å². The molecule has 0 aliphatic heterocycles. The number of benzene rings is 1. The van der Waals surface area contributed by atoms with Gasteiger partial charge in [0.1, 0.15) is 0 Å². The zero-order valence-corrected chi connectivity index (χ0v) is 11.0. The molecule has 17 heavy (non-hydrogen) atoms. The molecule has 0 aromatic heterocycles. The smallest absolute Gasteiger partial charge is 0.190 e. The van der Waals surface area contributed by atoms with Gasteiger partial charge in [-0.05, 0) is 36.5 Å². The lowest BCUT2D eigenvalue weighted by Gasteiger charge is -2.33. The van der Waals surface area contributed by atoms with Gasteiger partial charge >= 0.3 is 0 Å². The van der Waals surface area contributed by atoms with Gasteiger partial charge < -0.3 is 10.6 Å². The van der Waals surface area contributed by atoms with Gasteiger partial charge in [-0.2, -0.15) is 0 Å². The predicted octanol–water partition coefficient (Wildman–Crippen LogP) is 2.46. The van der Waals surface area contributed by atoms with Crippen molar-refractivity contribution < 1.29 is 0 Å². The third-order valence-electron chi connectivity index (χ3n) is 3.23. The van der Waals surface area contributed by atoms with Gasteiger partial charge in [-0.25, -0.2) is 4.99 Å². The Morgan fingerprint density at radius 2 is 1.88 bits per heavy atom. The molecule has 1 aliphatic carbocycles. The van der Waals surface area contributed by atoms with Gasteiger partial charge in [0.05, 0.1) is 6.04 Å². The van der Waals surface area contributed by atoms with Crippen LogP contribution in [0.1, 0.15) is 24.3 Å². The fourth-order valence-electron chi connectivity index (χ4n) is 2.00. The second-order valence-electron chi connectivity index (χ2n) is 4.76. The van der Waals surface area contributed by atoms with E-state index in [9.17, 15) is 0 Å². The van der Waals surface area contributed by atoms with Crippen LogP contribution in [0, 0.1) is 0 Å². The lowest BCUT2D eigenvalue weighted by molar-refractivity contribution is 0.350. The Kier molecular flexibility index (Phi) is 3.57. The molecule has 1 aromatic rings. The van der Waals surface area contributed by atoms with E-state index in [1.807, 2.05) is 31.1 Å². The van der Waals surface area contributed by atoms with Crippen molar-refractivity contribution in [2.45, 2.75) is 24.8 Å². The molecule has 1 fully saturated rings. The number of aliphatic imine (C=N–C) groups is 1. The average Bonchev–Trinajstić information content (AvgIpc) is 2.24. The monoisotopic (exact) mass is 251 g/mol. The highest BCUT2D eigenvalue weighted by molar-refractivity contribution is 6.30. The van der Waals surface area contributed by atoms with Gasteiger partial charge in [-0.15, -0.1) is 0 Å². The summed E-state index contributed by atoms with van der Waals surface area (Å²) in [6.07, 6.45) is 2.16. The molecule has 1 aliphatic rings. The largest absolute Gasteiger partial charge is 0.370 e. The van der Waals surface area contributed by atoms with Crippen LogP contribution in [0.4, 0.5) is 0 Å². The normalized spacial score (nSPS) is 24.3. The van der Waals surface area contributed by atoms with Crippen LogP contribution < -0.4 is 5.73 Å². The average molecular weight is 252 g/mol. The number of guanidine groups is 1. The van der Waals surface area contributed by atoms with E-state index in [-0.39, 0.29) is 0 Å². The summed E-state index contributed by atoms with van der Waals surface area (Å²) < 4.78 is 0. The van der Waals surface area contributed by atoms with E-state index in [4.69, 9.17) is 17.3 Å². The first-order valence-electron chi connectivity index (χ1n) is 5.82. The van der Waals surface area contributed by atoms with E-state index in [2.05, 4.69) is 17.1 Å². The topological polar surface area (TPSA) is 41.6 Å². The summed E-state index contributed by atoms with van der Waals surface area (Å²) in [5.74, 6) is 1.22. The predicted molar refractivity (Wildman–Crippen MR) is 72.5 cm³/mol. The molecule has 1 saturated carbocycles. The third-order valence-corrected chi connectivity index (χ3v) is 3.48. The molecule has 4 heteroatoms. The van der Waals surface area contributed by atoms with Gasteiger partial charge in [0.2, 0.25) is 0 Å². The van der Waals surface area contributed by atoms with Crippen molar-refractivity contribution in [3.8, 4) is 0 Å². The first-order chi connectivity index (χ1) is 8.06. The second kappa shape index (κ2) is 4.96. The van der Waals surface area contributed by atoms with Gasteiger partial charge in [0, 0.05) is 19.1 Å². The molecule has 0 unspecified atom stereocenters. The van der Waals surface area contributed by atoms with E-state index in [1.54, 1.807) is 0 Å². The lowest BCUT2D eigenvalue weighted by atomic mass is 9.76. The maximum Gasteiger partial charge on any atom is 0.190 e. The second-order valence-corrected chi connectivity index (χ2v) is 5.19. The summed E-state index contributed by atoms with van der Waals surface area (Å²) in [6, 6.07) is 8.46. The highest BCUT2D eigenvalue weighted by atomic mass is 35.5. The van der Waals surface area contributed by atoms with Crippen molar-refractivity contribution in [2.75, 3.05) is 14.1 Å². The summed E-state index contributed by atoms with van der Waals surface area (Å²) in [7, 11) is 3.82. The molecule has 0 saturated heterocycles. The van der Waals surface area contributed by atoms with E-state index in [0.717, 1.165) is 17.9 Å². The summed E-state index contributed by atoms with van der Waals surface area (Å²) in [5.41, 5.74) is 7.14. The van der Waals surface area contributed by atoms with Gasteiger partial charge in [-0.1, -0.05) is 23.7 Å². The fraction of sp³-hybridized carbons (Fsp3) is 0.462. The maximum absolute atomic E-state index is 5.87. The van der Waals surface area contributed by atoms with E-state index >= 15 is 0 Å². The minimum atomic E-state index is 0.373. The Bertz CT molecular complexity index is 405. The number of hydrogen-bond acceptors (Lipinski definition) is 1.